The van der Waals surface area contributed by atoms with Crippen LogP contribution >= 0.6 is 0 Å². The molecule has 1 amide bonds. The summed E-state index contributed by atoms with van der Waals surface area (Å²) in [5, 5.41) is 2.80. The summed E-state index contributed by atoms with van der Waals surface area (Å²) >= 11 is 0. The molecule has 0 rings (SSSR count). The van der Waals surface area contributed by atoms with Crippen molar-refractivity contribution in [2.75, 3.05) is 20.6 Å². The van der Waals surface area contributed by atoms with Crippen molar-refractivity contribution in [2.45, 2.75) is 32.4 Å². The predicted molar refractivity (Wildman–Crippen MR) is 54.4 cm³/mol. The van der Waals surface area contributed by atoms with Crippen molar-refractivity contribution >= 4 is 5.91 Å². The summed E-state index contributed by atoms with van der Waals surface area (Å²) in [4.78, 5) is 13.4. The third-order valence-electron chi connectivity index (χ3n) is 2.02. The summed E-state index contributed by atoms with van der Waals surface area (Å²) < 4.78 is 0. The molecular formula is C9H21N3O. The molecule has 78 valence electrons. The molecule has 0 spiro atoms. The normalized spacial score (nSPS) is 14.4. The first-order valence-electron chi connectivity index (χ1n) is 4.48. The van der Waals surface area contributed by atoms with Gasteiger partial charge >= 0.3 is 0 Å². The van der Waals surface area contributed by atoms with Gasteiger partial charge in [-0.25, -0.2) is 0 Å². The Labute approximate surface area is 80.5 Å². The molecule has 0 bridgehead atoms. The number of nitrogens with two attached hydrogens (primary N) is 1. The number of rotatable bonds is 4. The number of nitrogens with one attached hydrogen (secondary N) is 1. The molecule has 4 nitrogen and oxygen atoms in total. The smallest absolute Gasteiger partial charge is 0.239 e. The van der Waals surface area contributed by atoms with Crippen LogP contribution in [0.3, 0.4) is 0 Å². The second-order valence-corrected chi connectivity index (χ2v) is 4.24. The van der Waals surface area contributed by atoms with Crippen LogP contribution in [0.5, 0.6) is 0 Å². The number of carbonyl (C=O) groups is 1. The molecule has 1 unspecified atom stereocenters. The van der Waals surface area contributed by atoms with Crippen molar-refractivity contribution < 1.29 is 4.79 Å². The van der Waals surface area contributed by atoms with Crippen molar-refractivity contribution in [2.24, 2.45) is 5.73 Å². The van der Waals surface area contributed by atoms with Gasteiger partial charge in [0.1, 0.15) is 0 Å². The summed E-state index contributed by atoms with van der Waals surface area (Å²) in [6, 6.07) is 0.325. The van der Waals surface area contributed by atoms with Gasteiger partial charge < -0.3 is 16.0 Å². The van der Waals surface area contributed by atoms with E-state index in [1.807, 2.05) is 25.9 Å². The van der Waals surface area contributed by atoms with Crippen molar-refractivity contribution in [1.29, 1.82) is 0 Å². The average molecular weight is 187 g/mol. The lowest BCUT2D eigenvalue weighted by Gasteiger charge is -2.23. The Hall–Kier alpha value is -0.610. The highest BCUT2D eigenvalue weighted by Crippen LogP contribution is 1.96. The SMILES string of the molecule is CC(CNC(=O)C(C)(C)N)N(C)C. The van der Waals surface area contributed by atoms with Gasteiger partial charge in [0, 0.05) is 12.6 Å². The molecule has 0 aliphatic carbocycles. The molecular weight excluding hydrogens is 166 g/mol. The van der Waals surface area contributed by atoms with E-state index in [0.29, 0.717) is 12.6 Å². The molecule has 13 heavy (non-hydrogen) atoms. The highest BCUT2D eigenvalue weighted by molar-refractivity contribution is 5.85. The first kappa shape index (κ1) is 12.4. The molecule has 0 saturated carbocycles. The van der Waals surface area contributed by atoms with E-state index in [-0.39, 0.29) is 5.91 Å². The van der Waals surface area contributed by atoms with E-state index in [4.69, 9.17) is 5.73 Å². The van der Waals surface area contributed by atoms with Crippen LogP contribution in [0.1, 0.15) is 20.8 Å². The number of amides is 1. The third-order valence-corrected chi connectivity index (χ3v) is 2.02. The third kappa shape index (κ3) is 4.85. The van der Waals surface area contributed by atoms with E-state index < -0.39 is 5.54 Å². The van der Waals surface area contributed by atoms with Crippen molar-refractivity contribution in [1.82, 2.24) is 10.2 Å². The average Bonchev–Trinajstić information content (AvgIpc) is 1.97. The molecule has 0 heterocycles. The Morgan fingerprint density at radius 1 is 1.54 bits per heavy atom. The summed E-state index contributed by atoms with van der Waals surface area (Å²) in [5.74, 6) is -0.110. The zero-order valence-electron chi connectivity index (χ0n) is 9.22. The lowest BCUT2D eigenvalue weighted by molar-refractivity contribution is -0.125. The highest BCUT2D eigenvalue weighted by atomic mass is 16.2. The zero-order chi connectivity index (χ0) is 10.6. The van der Waals surface area contributed by atoms with Gasteiger partial charge in [-0.05, 0) is 34.9 Å². The quantitative estimate of drug-likeness (QED) is 0.640. The van der Waals surface area contributed by atoms with Gasteiger partial charge in [0.25, 0.3) is 0 Å². The Morgan fingerprint density at radius 3 is 2.31 bits per heavy atom. The Morgan fingerprint density at radius 2 is 2.00 bits per heavy atom. The molecule has 1 atom stereocenters. The van der Waals surface area contributed by atoms with E-state index in [2.05, 4.69) is 5.32 Å². The van der Waals surface area contributed by atoms with Crippen LogP contribution < -0.4 is 11.1 Å². The van der Waals surface area contributed by atoms with Gasteiger partial charge in [0.2, 0.25) is 5.91 Å². The van der Waals surface area contributed by atoms with Crippen LogP contribution in [0.4, 0.5) is 0 Å². The van der Waals surface area contributed by atoms with Crippen LogP contribution in [0.25, 0.3) is 0 Å². The van der Waals surface area contributed by atoms with Gasteiger partial charge in [-0.15, -0.1) is 0 Å². The Kier molecular flexibility index (Phi) is 4.36. The molecule has 0 fully saturated rings. The Balaban J connectivity index is 3.84. The molecule has 0 aliphatic heterocycles. The topological polar surface area (TPSA) is 58.4 Å². The monoisotopic (exact) mass is 187 g/mol. The van der Waals surface area contributed by atoms with Crippen LogP contribution in [0, 0.1) is 0 Å². The number of carbonyl (C=O) groups excluding carboxylic acids is 1. The highest BCUT2D eigenvalue weighted by Gasteiger charge is 2.21. The van der Waals surface area contributed by atoms with Crippen LogP contribution in [-0.4, -0.2) is 43.0 Å². The van der Waals surface area contributed by atoms with Gasteiger partial charge in [-0.2, -0.15) is 0 Å². The largest absolute Gasteiger partial charge is 0.353 e. The van der Waals surface area contributed by atoms with Crippen LogP contribution in [0.15, 0.2) is 0 Å². The van der Waals surface area contributed by atoms with E-state index >= 15 is 0 Å². The molecule has 0 aromatic heterocycles. The summed E-state index contributed by atoms with van der Waals surface area (Å²) in [6.45, 7) is 6.07. The summed E-state index contributed by atoms with van der Waals surface area (Å²) in [6.07, 6.45) is 0. The predicted octanol–water partition coefficient (Wildman–Crippen LogP) is -0.210. The fraction of sp³-hybridized carbons (Fsp3) is 0.889. The molecule has 3 N–H and O–H groups in total. The minimum Gasteiger partial charge on any atom is -0.353 e. The second-order valence-electron chi connectivity index (χ2n) is 4.24. The first-order valence-corrected chi connectivity index (χ1v) is 4.48. The fourth-order valence-electron chi connectivity index (χ4n) is 0.651. The molecule has 0 radical (unpaired) electrons. The zero-order valence-corrected chi connectivity index (χ0v) is 9.22. The number of nitrogens with zero attached hydrogens (tertiary/aromatic N) is 1. The van der Waals surface area contributed by atoms with Crippen molar-refractivity contribution in [3.63, 3.8) is 0 Å². The van der Waals surface area contributed by atoms with Crippen molar-refractivity contribution in [3.8, 4) is 0 Å². The lowest BCUT2D eigenvalue weighted by Crippen LogP contribution is -2.51. The van der Waals surface area contributed by atoms with E-state index in [1.54, 1.807) is 13.8 Å². The van der Waals surface area contributed by atoms with Crippen molar-refractivity contribution in [3.05, 3.63) is 0 Å². The van der Waals surface area contributed by atoms with Crippen LogP contribution in [0.2, 0.25) is 0 Å². The van der Waals surface area contributed by atoms with Gasteiger partial charge in [0.05, 0.1) is 5.54 Å². The maximum atomic E-state index is 11.3. The number of likely N-dealkylation sites (N-methyl/N-ethyl adjacent to an activating group) is 1. The fourth-order valence-corrected chi connectivity index (χ4v) is 0.651. The molecule has 0 aromatic carbocycles. The van der Waals surface area contributed by atoms with E-state index in [1.165, 1.54) is 0 Å². The maximum absolute atomic E-state index is 11.3. The summed E-state index contributed by atoms with van der Waals surface area (Å²) in [5.41, 5.74) is 4.83. The van der Waals surface area contributed by atoms with Gasteiger partial charge in [0.15, 0.2) is 0 Å². The molecule has 0 saturated heterocycles. The second kappa shape index (κ2) is 4.58. The number of hydrogen-bond donors (Lipinski definition) is 2. The van der Waals surface area contributed by atoms with Gasteiger partial charge in [-0.3, -0.25) is 4.79 Å². The van der Waals surface area contributed by atoms with E-state index in [9.17, 15) is 4.79 Å². The van der Waals surface area contributed by atoms with E-state index in [0.717, 1.165) is 0 Å². The van der Waals surface area contributed by atoms with Gasteiger partial charge in [-0.1, -0.05) is 0 Å². The summed E-state index contributed by atoms with van der Waals surface area (Å²) in [7, 11) is 3.95. The molecule has 0 aromatic rings. The van der Waals surface area contributed by atoms with Crippen LogP contribution in [-0.2, 0) is 4.79 Å². The molecule has 0 aliphatic rings. The maximum Gasteiger partial charge on any atom is 0.239 e. The minimum atomic E-state index is -0.786. The standard InChI is InChI=1S/C9H21N3O/c1-7(12(4)5)6-11-8(13)9(2,3)10/h7H,6,10H2,1-5H3,(H,11,13). The first-order chi connectivity index (χ1) is 5.75. The molecule has 4 heteroatoms. The lowest BCUT2D eigenvalue weighted by atomic mass is 10.1. The Bertz CT molecular complexity index is 172. The number of hydrogen-bond acceptors (Lipinski definition) is 3. The minimum absolute atomic E-state index is 0.110.